The summed E-state index contributed by atoms with van der Waals surface area (Å²) in [5.74, 6) is -0.348. The summed E-state index contributed by atoms with van der Waals surface area (Å²) in [5.41, 5.74) is 0. The number of benzene rings is 1. The van der Waals surface area contributed by atoms with Gasteiger partial charge in [0.1, 0.15) is 6.42 Å². The smallest absolute Gasteiger partial charge is 0.237 e. The summed E-state index contributed by atoms with van der Waals surface area (Å²) in [7, 11) is 1.71. The molecule has 0 bridgehead atoms. The van der Waals surface area contributed by atoms with Gasteiger partial charge in [0.25, 0.3) is 0 Å². The van der Waals surface area contributed by atoms with Crippen LogP contribution in [0.25, 0.3) is 0 Å². The Morgan fingerprint density at radius 1 is 1.16 bits per heavy atom. The molecule has 1 aromatic rings. The third kappa shape index (κ3) is 2.21. The topological polar surface area (TPSA) is 40.6 Å². The van der Waals surface area contributed by atoms with Gasteiger partial charge < -0.3 is 0 Å². The molecule has 0 saturated carbocycles. The van der Waals surface area contributed by atoms with Crippen LogP contribution in [0.2, 0.25) is 0 Å². The number of hydrogen-bond acceptors (Lipinski definition) is 3. The van der Waals surface area contributed by atoms with E-state index in [9.17, 15) is 9.59 Å². The van der Waals surface area contributed by atoms with Crippen molar-refractivity contribution in [2.45, 2.75) is 26.3 Å². The third-order valence-electron chi connectivity index (χ3n) is 3.20. The number of hydrogen-bond donors (Lipinski definition) is 0. The van der Waals surface area contributed by atoms with E-state index in [-0.39, 0.29) is 24.3 Å². The lowest BCUT2D eigenvalue weighted by Gasteiger charge is -2.46. The highest BCUT2D eigenvalue weighted by atomic mass is 32.4. The van der Waals surface area contributed by atoms with Crippen LogP contribution in [-0.4, -0.2) is 34.2 Å². The van der Waals surface area contributed by atoms with E-state index in [0.717, 1.165) is 5.30 Å². The molecule has 4 nitrogen and oxygen atoms in total. The molecule has 1 aliphatic rings. The van der Waals surface area contributed by atoms with E-state index in [1.165, 1.54) is 0 Å². The molecule has 0 N–H and O–H groups in total. The molecule has 1 atom stereocenters. The van der Waals surface area contributed by atoms with Crippen molar-refractivity contribution in [1.29, 1.82) is 0 Å². The fourth-order valence-electron chi connectivity index (χ4n) is 2.29. The highest BCUT2D eigenvalue weighted by molar-refractivity contribution is 8.16. The van der Waals surface area contributed by atoms with Gasteiger partial charge in [0.15, 0.2) is 6.34 Å². The minimum Gasteiger partial charge on any atom is -0.298 e. The normalized spacial score (nSPS) is 24.2. The zero-order valence-electron chi connectivity index (χ0n) is 11.2. The molecule has 1 aliphatic heterocycles. The number of amides is 2. The number of nitrogens with zero attached hydrogens (tertiary/aromatic N) is 2. The quantitative estimate of drug-likeness (QED) is 0.616. The molecule has 2 amide bonds. The van der Waals surface area contributed by atoms with Gasteiger partial charge in [0, 0.05) is 18.4 Å². The highest BCUT2D eigenvalue weighted by Gasteiger charge is 2.44. The van der Waals surface area contributed by atoms with Crippen LogP contribution in [0.3, 0.4) is 0 Å². The number of rotatable bonds is 2. The van der Waals surface area contributed by atoms with Crippen molar-refractivity contribution in [2.24, 2.45) is 0 Å². The summed E-state index contributed by atoms with van der Waals surface area (Å²) in [6.45, 7) is 3.87. The van der Waals surface area contributed by atoms with Gasteiger partial charge in [0.05, 0.1) is 0 Å². The summed E-state index contributed by atoms with van der Waals surface area (Å²) >= 11 is 5.82. The Kier molecular flexibility index (Phi) is 3.79. The van der Waals surface area contributed by atoms with Crippen molar-refractivity contribution in [1.82, 2.24) is 9.34 Å². The minimum atomic E-state index is -2.53. The van der Waals surface area contributed by atoms with E-state index in [1.807, 2.05) is 44.2 Å². The first kappa shape index (κ1) is 14.2. The standard InChI is InChI=1S/C13H17N2O2PS/c1-10(2)15-13(17)9-12(16)14(3)18(15,19)11-7-5-4-6-8-11/h4-8,10H,9H2,1-3H3. The Morgan fingerprint density at radius 3 is 2.26 bits per heavy atom. The second kappa shape index (κ2) is 5.06. The molecular formula is C13H17N2O2PS. The van der Waals surface area contributed by atoms with Gasteiger partial charge in [-0.1, -0.05) is 30.3 Å². The van der Waals surface area contributed by atoms with Crippen molar-refractivity contribution >= 4 is 35.3 Å². The molecule has 19 heavy (non-hydrogen) atoms. The summed E-state index contributed by atoms with van der Waals surface area (Å²) in [4.78, 5) is 24.2. The zero-order chi connectivity index (χ0) is 14.2. The zero-order valence-corrected chi connectivity index (χ0v) is 12.9. The van der Waals surface area contributed by atoms with Gasteiger partial charge in [-0.25, -0.2) is 0 Å². The second-order valence-electron chi connectivity index (χ2n) is 4.81. The molecule has 1 fully saturated rings. The first-order chi connectivity index (χ1) is 8.89. The third-order valence-corrected chi connectivity index (χ3v) is 8.37. The van der Waals surface area contributed by atoms with Gasteiger partial charge in [-0.3, -0.25) is 18.9 Å². The lowest BCUT2D eigenvalue weighted by Crippen LogP contribution is -2.49. The Morgan fingerprint density at radius 2 is 1.74 bits per heavy atom. The van der Waals surface area contributed by atoms with Crippen LogP contribution in [0.1, 0.15) is 20.3 Å². The summed E-state index contributed by atoms with van der Waals surface area (Å²) in [6, 6.07) is 9.46. The van der Waals surface area contributed by atoms with Crippen LogP contribution in [-0.2, 0) is 21.4 Å². The molecule has 0 aromatic heterocycles. The van der Waals surface area contributed by atoms with Crippen LogP contribution in [0.15, 0.2) is 30.3 Å². The number of carbonyl (C=O) groups excluding carboxylic acids is 2. The first-order valence-electron chi connectivity index (χ1n) is 6.14. The predicted octanol–water partition coefficient (Wildman–Crippen LogP) is 1.72. The molecule has 0 radical (unpaired) electrons. The molecule has 1 saturated heterocycles. The van der Waals surface area contributed by atoms with E-state index in [2.05, 4.69) is 0 Å². The Bertz CT molecular complexity index is 559. The average molecular weight is 296 g/mol. The fourth-order valence-corrected chi connectivity index (χ4v) is 6.59. The fraction of sp³-hybridized carbons (Fsp3) is 0.385. The van der Waals surface area contributed by atoms with E-state index >= 15 is 0 Å². The monoisotopic (exact) mass is 296 g/mol. The molecule has 0 spiro atoms. The van der Waals surface area contributed by atoms with E-state index < -0.39 is 6.34 Å². The van der Waals surface area contributed by atoms with Crippen LogP contribution in [0.5, 0.6) is 0 Å². The molecule has 6 heteroatoms. The maximum Gasteiger partial charge on any atom is 0.237 e. The van der Waals surface area contributed by atoms with Gasteiger partial charge in [-0.15, -0.1) is 0 Å². The highest BCUT2D eigenvalue weighted by Crippen LogP contribution is 2.55. The molecule has 0 aliphatic carbocycles. The molecule has 1 heterocycles. The van der Waals surface area contributed by atoms with Crippen LogP contribution in [0.4, 0.5) is 0 Å². The lowest BCUT2D eigenvalue weighted by molar-refractivity contribution is -0.138. The minimum absolute atomic E-state index is 0.0194. The first-order valence-corrected chi connectivity index (χ1v) is 8.85. The van der Waals surface area contributed by atoms with Crippen molar-refractivity contribution in [3.05, 3.63) is 30.3 Å². The molecular weight excluding hydrogens is 279 g/mol. The Labute approximate surface area is 118 Å². The number of carbonyl (C=O) groups is 2. The SMILES string of the molecule is CC(C)N1C(=O)CC(=O)N(C)P1(=S)c1ccccc1. The van der Waals surface area contributed by atoms with Gasteiger partial charge in [-0.2, -0.15) is 0 Å². The van der Waals surface area contributed by atoms with E-state index in [4.69, 9.17) is 11.8 Å². The predicted molar refractivity (Wildman–Crippen MR) is 79.7 cm³/mol. The van der Waals surface area contributed by atoms with Crippen molar-refractivity contribution < 1.29 is 9.59 Å². The van der Waals surface area contributed by atoms with Crippen molar-refractivity contribution in [3.8, 4) is 0 Å². The molecule has 2 rings (SSSR count). The van der Waals surface area contributed by atoms with Gasteiger partial charge >= 0.3 is 0 Å². The average Bonchev–Trinajstić information content (AvgIpc) is 2.36. The van der Waals surface area contributed by atoms with Crippen LogP contribution in [0, 0.1) is 0 Å². The molecule has 1 aromatic carbocycles. The van der Waals surface area contributed by atoms with Crippen LogP contribution >= 0.6 is 6.34 Å². The van der Waals surface area contributed by atoms with Gasteiger partial charge in [-0.05, 0) is 25.7 Å². The summed E-state index contributed by atoms with van der Waals surface area (Å²) < 4.78 is 3.32. The van der Waals surface area contributed by atoms with E-state index in [0.29, 0.717) is 0 Å². The second-order valence-corrected chi connectivity index (χ2v) is 8.97. The lowest BCUT2D eigenvalue weighted by atomic mass is 10.3. The van der Waals surface area contributed by atoms with E-state index in [1.54, 1.807) is 16.4 Å². The largest absolute Gasteiger partial charge is 0.298 e. The Hall–Kier alpha value is -1.19. The summed E-state index contributed by atoms with van der Waals surface area (Å²) in [5, 5.41) is 0.877. The Balaban J connectivity index is 2.62. The molecule has 1 unspecified atom stereocenters. The summed E-state index contributed by atoms with van der Waals surface area (Å²) in [6.07, 6.45) is -2.62. The van der Waals surface area contributed by atoms with Gasteiger partial charge in [0.2, 0.25) is 11.8 Å². The van der Waals surface area contributed by atoms with Crippen LogP contribution < -0.4 is 5.30 Å². The molecule has 102 valence electrons. The maximum atomic E-state index is 12.2. The van der Waals surface area contributed by atoms with Crippen molar-refractivity contribution in [2.75, 3.05) is 7.05 Å². The maximum absolute atomic E-state index is 12.2. The van der Waals surface area contributed by atoms with Crippen molar-refractivity contribution in [3.63, 3.8) is 0 Å².